The molecule has 2 aromatic rings. The Hall–Kier alpha value is -2.82. The fourth-order valence-corrected chi connectivity index (χ4v) is 3.95. The molecule has 0 bridgehead atoms. The molecule has 9 nitrogen and oxygen atoms in total. The summed E-state index contributed by atoms with van der Waals surface area (Å²) in [5.41, 5.74) is 0.363. The number of amides is 1. The van der Waals surface area contributed by atoms with Gasteiger partial charge in [0.2, 0.25) is 15.9 Å². The number of anilines is 1. The lowest BCUT2D eigenvalue weighted by atomic mass is 10.2. The van der Waals surface area contributed by atoms with E-state index in [9.17, 15) is 18.0 Å². The minimum absolute atomic E-state index is 0.0588. The molecule has 1 N–H and O–H groups in total. The van der Waals surface area contributed by atoms with Gasteiger partial charge < -0.3 is 19.5 Å². The predicted octanol–water partition coefficient (Wildman–Crippen LogP) is 2.79. The second-order valence-corrected chi connectivity index (χ2v) is 8.69. The molecule has 0 saturated heterocycles. The van der Waals surface area contributed by atoms with Crippen LogP contribution in [0.2, 0.25) is 5.02 Å². The molecule has 0 radical (unpaired) electrons. The Bertz CT molecular complexity index is 1070. The van der Waals surface area contributed by atoms with Crippen molar-refractivity contribution in [1.82, 2.24) is 4.31 Å². The standard InChI is InChI=1S/C20H23ClN2O7S/c1-5-30-20(25)15-10-13(6-8-16(15)21)22-19(24)12-23(2)31(26,27)14-7-9-17(28-3)18(11-14)29-4/h6-11H,5,12H2,1-4H3,(H,22,24). The maximum Gasteiger partial charge on any atom is 0.339 e. The summed E-state index contributed by atoms with van der Waals surface area (Å²) in [7, 11) is 0.126. The van der Waals surface area contributed by atoms with E-state index in [1.165, 1.54) is 57.7 Å². The van der Waals surface area contributed by atoms with Crippen molar-refractivity contribution in [3.05, 3.63) is 47.0 Å². The molecule has 0 aliphatic carbocycles. The Morgan fingerprint density at radius 1 is 1.06 bits per heavy atom. The summed E-state index contributed by atoms with van der Waals surface area (Å²) in [5, 5.41) is 2.72. The van der Waals surface area contributed by atoms with Crippen LogP contribution in [0.4, 0.5) is 5.69 Å². The maximum absolute atomic E-state index is 12.8. The lowest BCUT2D eigenvalue weighted by molar-refractivity contribution is -0.116. The monoisotopic (exact) mass is 470 g/mol. The SMILES string of the molecule is CCOC(=O)c1cc(NC(=O)CN(C)S(=O)(=O)c2ccc(OC)c(OC)c2)ccc1Cl. The number of halogens is 1. The van der Waals surface area contributed by atoms with Crippen LogP contribution < -0.4 is 14.8 Å². The van der Waals surface area contributed by atoms with Gasteiger partial charge >= 0.3 is 5.97 Å². The van der Waals surface area contributed by atoms with Gasteiger partial charge in [0, 0.05) is 18.8 Å². The van der Waals surface area contributed by atoms with Crippen molar-refractivity contribution in [3.63, 3.8) is 0 Å². The van der Waals surface area contributed by atoms with Gasteiger partial charge in [0.05, 0.1) is 42.9 Å². The fraction of sp³-hybridized carbons (Fsp3) is 0.300. The molecule has 0 heterocycles. The number of hydrogen-bond acceptors (Lipinski definition) is 7. The lowest BCUT2D eigenvalue weighted by Crippen LogP contribution is -2.35. The largest absolute Gasteiger partial charge is 0.493 e. The van der Waals surface area contributed by atoms with Gasteiger partial charge in [0.15, 0.2) is 11.5 Å². The molecule has 11 heteroatoms. The van der Waals surface area contributed by atoms with E-state index in [2.05, 4.69) is 5.32 Å². The highest BCUT2D eigenvalue weighted by molar-refractivity contribution is 7.89. The lowest BCUT2D eigenvalue weighted by Gasteiger charge is -2.18. The van der Waals surface area contributed by atoms with Crippen LogP contribution in [0.25, 0.3) is 0 Å². The quantitative estimate of drug-likeness (QED) is 0.561. The number of rotatable bonds is 9. The van der Waals surface area contributed by atoms with Crippen LogP contribution in [0.3, 0.4) is 0 Å². The molecule has 0 aliphatic heterocycles. The van der Waals surface area contributed by atoms with E-state index in [1.54, 1.807) is 6.92 Å². The van der Waals surface area contributed by atoms with E-state index in [0.29, 0.717) is 5.75 Å². The number of likely N-dealkylation sites (N-methyl/N-ethyl adjacent to an activating group) is 1. The molecule has 31 heavy (non-hydrogen) atoms. The number of methoxy groups -OCH3 is 2. The molecule has 1 amide bonds. The van der Waals surface area contributed by atoms with Gasteiger partial charge in [-0.1, -0.05) is 11.6 Å². The third kappa shape index (κ3) is 5.87. The smallest absolute Gasteiger partial charge is 0.339 e. The molecular formula is C20H23ClN2O7S. The molecule has 2 rings (SSSR count). The molecule has 2 aromatic carbocycles. The van der Waals surface area contributed by atoms with Crippen LogP contribution in [0.15, 0.2) is 41.3 Å². The summed E-state index contributed by atoms with van der Waals surface area (Å²) in [4.78, 5) is 24.3. The number of ether oxygens (including phenoxy) is 3. The highest BCUT2D eigenvalue weighted by Gasteiger charge is 2.25. The number of hydrogen-bond donors (Lipinski definition) is 1. The number of nitrogens with zero attached hydrogens (tertiary/aromatic N) is 1. The van der Waals surface area contributed by atoms with Crippen LogP contribution in [0.1, 0.15) is 17.3 Å². The number of esters is 1. The molecule has 0 spiro atoms. The Kier molecular flexibility index (Phi) is 8.26. The van der Waals surface area contributed by atoms with E-state index in [4.69, 9.17) is 25.8 Å². The number of benzene rings is 2. The third-order valence-electron chi connectivity index (χ3n) is 4.17. The number of carbonyl (C=O) groups excluding carboxylic acids is 2. The summed E-state index contributed by atoms with van der Waals surface area (Å²) in [6, 6.07) is 8.42. The van der Waals surface area contributed by atoms with E-state index >= 15 is 0 Å². The molecule has 0 aromatic heterocycles. The zero-order valence-corrected chi connectivity index (χ0v) is 19.0. The first kappa shape index (κ1) is 24.4. The van der Waals surface area contributed by atoms with Crippen LogP contribution in [-0.4, -0.2) is 59.0 Å². The van der Waals surface area contributed by atoms with Crippen molar-refractivity contribution in [2.45, 2.75) is 11.8 Å². The van der Waals surface area contributed by atoms with Crippen molar-refractivity contribution in [2.75, 3.05) is 39.7 Å². The second-order valence-electron chi connectivity index (χ2n) is 6.24. The number of carbonyl (C=O) groups is 2. The van der Waals surface area contributed by atoms with Crippen LogP contribution in [-0.2, 0) is 19.6 Å². The van der Waals surface area contributed by atoms with Crippen molar-refractivity contribution in [2.24, 2.45) is 0 Å². The van der Waals surface area contributed by atoms with Gasteiger partial charge in [-0.3, -0.25) is 4.79 Å². The van der Waals surface area contributed by atoms with Gasteiger partial charge in [0.1, 0.15) is 0 Å². The Labute approximate surface area is 185 Å². The molecule has 168 valence electrons. The molecule has 0 unspecified atom stereocenters. The van der Waals surface area contributed by atoms with Gasteiger partial charge in [-0.2, -0.15) is 4.31 Å². The van der Waals surface area contributed by atoms with Crippen molar-refractivity contribution in [3.8, 4) is 11.5 Å². The molecule has 0 aliphatic rings. The maximum atomic E-state index is 12.8. The average molecular weight is 471 g/mol. The topological polar surface area (TPSA) is 111 Å². The summed E-state index contributed by atoms with van der Waals surface area (Å²) < 4.78 is 41.7. The summed E-state index contributed by atoms with van der Waals surface area (Å²) in [5.74, 6) is -0.614. The van der Waals surface area contributed by atoms with Crippen molar-refractivity contribution in [1.29, 1.82) is 0 Å². The van der Waals surface area contributed by atoms with Crippen molar-refractivity contribution < 1.29 is 32.2 Å². The highest BCUT2D eigenvalue weighted by Crippen LogP contribution is 2.30. The first-order chi connectivity index (χ1) is 14.6. The summed E-state index contributed by atoms with van der Waals surface area (Å²) in [6.45, 7) is 1.37. The molecule has 0 saturated carbocycles. The van der Waals surface area contributed by atoms with Gasteiger partial charge in [-0.25, -0.2) is 13.2 Å². The van der Waals surface area contributed by atoms with E-state index in [-0.39, 0.29) is 33.5 Å². The summed E-state index contributed by atoms with van der Waals surface area (Å²) >= 11 is 6.00. The number of nitrogens with one attached hydrogen (secondary N) is 1. The predicted molar refractivity (Wildman–Crippen MR) is 115 cm³/mol. The van der Waals surface area contributed by atoms with Crippen LogP contribution >= 0.6 is 11.6 Å². The third-order valence-corrected chi connectivity index (χ3v) is 6.30. The Morgan fingerprint density at radius 3 is 2.35 bits per heavy atom. The fourth-order valence-electron chi connectivity index (χ4n) is 2.61. The van der Waals surface area contributed by atoms with Crippen molar-refractivity contribution >= 4 is 39.2 Å². The molecular weight excluding hydrogens is 448 g/mol. The second kappa shape index (κ2) is 10.5. The zero-order valence-electron chi connectivity index (χ0n) is 17.5. The average Bonchev–Trinajstić information content (AvgIpc) is 2.74. The molecule has 0 atom stereocenters. The van der Waals surface area contributed by atoms with Gasteiger partial charge in [0.25, 0.3) is 0 Å². The zero-order chi connectivity index (χ0) is 23.2. The first-order valence-corrected chi connectivity index (χ1v) is 10.9. The Balaban J connectivity index is 2.15. The van der Waals surface area contributed by atoms with E-state index in [1.807, 2.05) is 0 Å². The van der Waals surface area contributed by atoms with Crippen LogP contribution in [0.5, 0.6) is 11.5 Å². The molecule has 0 fully saturated rings. The summed E-state index contributed by atoms with van der Waals surface area (Å²) in [6.07, 6.45) is 0. The van der Waals surface area contributed by atoms with Gasteiger partial charge in [-0.05, 0) is 37.3 Å². The van der Waals surface area contributed by atoms with E-state index < -0.39 is 28.4 Å². The van der Waals surface area contributed by atoms with Gasteiger partial charge in [-0.15, -0.1) is 0 Å². The minimum atomic E-state index is -3.98. The number of sulfonamides is 1. The normalized spacial score (nSPS) is 11.2. The van der Waals surface area contributed by atoms with E-state index in [0.717, 1.165) is 4.31 Å². The highest BCUT2D eigenvalue weighted by atomic mass is 35.5. The van der Waals surface area contributed by atoms with Crippen LogP contribution in [0, 0.1) is 0 Å². The first-order valence-electron chi connectivity index (χ1n) is 9.08. The Morgan fingerprint density at radius 2 is 1.74 bits per heavy atom. The minimum Gasteiger partial charge on any atom is -0.493 e.